The van der Waals surface area contributed by atoms with Crippen LogP contribution in [0.25, 0.3) is 0 Å². The van der Waals surface area contributed by atoms with Crippen LogP contribution in [0.2, 0.25) is 0 Å². The first kappa shape index (κ1) is 15.5. The Hall–Kier alpha value is -1.43. The molecule has 0 saturated carbocycles. The topological polar surface area (TPSA) is 63.1 Å². The van der Waals surface area contributed by atoms with Gasteiger partial charge in [-0.25, -0.2) is 0 Å². The molecule has 0 spiro atoms. The van der Waals surface area contributed by atoms with E-state index in [0.717, 1.165) is 57.8 Å². The lowest BCUT2D eigenvalue weighted by atomic mass is 10.1. The highest BCUT2D eigenvalue weighted by Crippen LogP contribution is 2.17. The average molecular weight is 305 g/mol. The molecule has 0 unspecified atom stereocenters. The molecule has 22 heavy (non-hydrogen) atoms. The summed E-state index contributed by atoms with van der Waals surface area (Å²) in [6.45, 7) is 9.52. The summed E-state index contributed by atoms with van der Waals surface area (Å²) in [5, 5.41) is 11.3. The minimum absolute atomic E-state index is 0.0667. The van der Waals surface area contributed by atoms with Gasteiger partial charge in [-0.1, -0.05) is 13.8 Å². The maximum absolute atomic E-state index is 12.3. The van der Waals surface area contributed by atoms with Crippen molar-refractivity contribution < 1.29 is 4.79 Å². The number of aryl methyl sites for hydroxylation is 1. The molecule has 3 rings (SSSR count). The molecule has 1 aromatic rings. The zero-order valence-corrected chi connectivity index (χ0v) is 13.7. The smallest absolute Gasteiger partial charge is 0.289 e. The Labute approximate surface area is 132 Å². The first-order chi connectivity index (χ1) is 10.6. The highest BCUT2D eigenvalue weighted by molar-refractivity contribution is 5.90. The lowest BCUT2D eigenvalue weighted by Crippen LogP contribution is -2.33. The van der Waals surface area contributed by atoms with Gasteiger partial charge >= 0.3 is 0 Å². The zero-order chi connectivity index (χ0) is 15.5. The summed E-state index contributed by atoms with van der Waals surface area (Å²) in [4.78, 5) is 14.8. The molecule has 2 aliphatic rings. The van der Waals surface area contributed by atoms with E-state index < -0.39 is 0 Å². The van der Waals surface area contributed by atoms with E-state index in [4.69, 9.17) is 0 Å². The second kappa shape index (κ2) is 6.77. The van der Waals surface area contributed by atoms with Gasteiger partial charge in [0.2, 0.25) is 5.82 Å². The highest BCUT2D eigenvalue weighted by Gasteiger charge is 2.25. The van der Waals surface area contributed by atoms with Gasteiger partial charge in [-0.2, -0.15) is 0 Å². The lowest BCUT2D eigenvalue weighted by molar-refractivity contribution is 0.0931. The van der Waals surface area contributed by atoms with Crippen molar-refractivity contribution in [3.05, 3.63) is 11.6 Å². The largest absolute Gasteiger partial charge is 0.349 e. The summed E-state index contributed by atoms with van der Waals surface area (Å²) < 4.78 is 1.98. The summed E-state index contributed by atoms with van der Waals surface area (Å²) >= 11 is 0. The van der Waals surface area contributed by atoms with Crippen LogP contribution in [-0.4, -0.2) is 51.8 Å². The molecule has 1 N–H and O–H groups in total. The molecule has 1 fully saturated rings. The standard InChI is InChI=1S/C16H27N5O/c1-12(2)10-20-8-6-13(11-20)9-17-16(22)15-19-18-14-5-3-4-7-21(14)15/h12-13H,3-11H2,1-2H3,(H,17,22)/t13-/m0/s1. The number of carbonyl (C=O) groups excluding carboxylic acids is 1. The Morgan fingerprint density at radius 1 is 1.32 bits per heavy atom. The summed E-state index contributed by atoms with van der Waals surface area (Å²) in [5.41, 5.74) is 0. The Morgan fingerprint density at radius 3 is 3.00 bits per heavy atom. The summed E-state index contributed by atoms with van der Waals surface area (Å²) in [5.74, 6) is 2.65. The van der Waals surface area contributed by atoms with Crippen LogP contribution in [0.1, 0.15) is 49.6 Å². The molecule has 1 saturated heterocycles. The van der Waals surface area contributed by atoms with Gasteiger partial charge in [0.25, 0.3) is 5.91 Å². The number of fused-ring (bicyclic) bond motifs is 1. The molecule has 2 aliphatic heterocycles. The van der Waals surface area contributed by atoms with E-state index in [9.17, 15) is 4.79 Å². The van der Waals surface area contributed by atoms with E-state index in [1.807, 2.05) is 4.57 Å². The number of likely N-dealkylation sites (tertiary alicyclic amines) is 1. The van der Waals surface area contributed by atoms with Crippen LogP contribution < -0.4 is 5.32 Å². The SMILES string of the molecule is CC(C)CN1CC[C@@H](CNC(=O)c2nnc3n2CCCC3)C1. The summed E-state index contributed by atoms with van der Waals surface area (Å²) in [6.07, 6.45) is 4.36. The molecule has 1 amide bonds. The first-order valence-electron chi connectivity index (χ1n) is 8.56. The quantitative estimate of drug-likeness (QED) is 0.891. The van der Waals surface area contributed by atoms with Crippen molar-refractivity contribution in [1.82, 2.24) is 25.0 Å². The maximum atomic E-state index is 12.3. The minimum Gasteiger partial charge on any atom is -0.349 e. The number of hydrogen-bond donors (Lipinski definition) is 1. The molecular formula is C16H27N5O. The fraction of sp³-hybridized carbons (Fsp3) is 0.812. The fourth-order valence-electron chi connectivity index (χ4n) is 3.55. The molecule has 0 aliphatic carbocycles. The summed E-state index contributed by atoms with van der Waals surface area (Å²) in [6, 6.07) is 0. The van der Waals surface area contributed by atoms with E-state index >= 15 is 0 Å². The molecule has 3 heterocycles. The molecule has 0 bridgehead atoms. The number of nitrogens with one attached hydrogen (secondary N) is 1. The van der Waals surface area contributed by atoms with Gasteiger partial charge in [0.1, 0.15) is 5.82 Å². The monoisotopic (exact) mass is 305 g/mol. The van der Waals surface area contributed by atoms with Crippen LogP contribution in [0.15, 0.2) is 0 Å². The van der Waals surface area contributed by atoms with Gasteiger partial charge in [-0.05, 0) is 37.6 Å². The van der Waals surface area contributed by atoms with Crippen LogP contribution in [-0.2, 0) is 13.0 Å². The third-order valence-electron chi connectivity index (χ3n) is 4.61. The maximum Gasteiger partial charge on any atom is 0.289 e. The normalized spacial score (nSPS) is 22.0. The summed E-state index contributed by atoms with van der Waals surface area (Å²) in [7, 11) is 0. The Kier molecular flexibility index (Phi) is 4.76. The van der Waals surface area contributed by atoms with Crippen molar-refractivity contribution in [3.8, 4) is 0 Å². The number of hydrogen-bond acceptors (Lipinski definition) is 4. The number of rotatable bonds is 5. The molecule has 0 radical (unpaired) electrons. The molecule has 1 atom stereocenters. The van der Waals surface area contributed by atoms with Crippen LogP contribution in [0.5, 0.6) is 0 Å². The van der Waals surface area contributed by atoms with E-state index in [-0.39, 0.29) is 5.91 Å². The predicted octanol–water partition coefficient (Wildman–Crippen LogP) is 1.32. The Morgan fingerprint density at radius 2 is 2.18 bits per heavy atom. The van der Waals surface area contributed by atoms with E-state index in [1.165, 1.54) is 6.42 Å². The highest BCUT2D eigenvalue weighted by atomic mass is 16.2. The number of carbonyl (C=O) groups is 1. The van der Waals surface area contributed by atoms with Crippen LogP contribution in [0.4, 0.5) is 0 Å². The van der Waals surface area contributed by atoms with E-state index in [0.29, 0.717) is 17.7 Å². The van der Waals surface area contributed by atoms with Gasteiger partial charge < -0.3 is 14.8 Å². The average Bonchev–Trinajstić information content (AvgIpc) is 3.10. The number of amides is 1. The van der Waals surface area contributed by atoms with Crippen molar-refractivity contribution in [2.24, 2.45) is 11.8 Å². The van der Waals surface area contributed by atoms with Crippen molar-refractivity contribution in [2.75, 3.05) is 26.2 Å². The first-order valence-corrected chi connectivity index (χ1v) is 8.56. The van der Waals surface area contributed by atoms with Gasteiger partial charge in [0, 0.05) is 32.6 Å². The predicted molar refractivity (Wildman–Crippen MR) is 84.7 cm³/mol. The van der Waals surface area contributed by atoms with Crippen LogP contribution in [0.3, 0.4) is 0 Å². The van der Waals surface area contributed by atoms with Gasteiger partial charge in [-0.3, -0.25) is 4.79 Å². The fourth-order valence-corrected chi connectivity index (χ4v) is 3.55. The van der Waals surface area contributed by atoms with Crippen molar-refractivity contribution in [1.29, 1.82) is 0 Å². The van der Waals surface area contributed by atoms with Gasteiger partial charge in [0.15, 0.2) is 0 Å². The number of nitrogens with zero attached hydrogens (tertiary/aromatic N) is 4. The molecular weight excluding hydrogens is 278 g/mol. The number of aromatic nitrogens is 3. The zero-order valence-electron chi connectivity index (χ0n) is 13.7. The Bertz CT molecular complexity index is 525. The van der Waals surface area contributed by atoms with E-state index in [1.54, 1.807) is 0 Å². The third-order valence-corrected chi connectivity index (χ3v) is 4.61. The molecule has 6 heteroatoms. The minimum atomic E-state index is -0.0667. The van der Waals surface area contributed by atoms with Crippen molar-refractivity contribution in [2.45, 2.75) is 46.1 Å². The van der Waals surface area contributed by atoms with Crippen molar-refractivity contribution in [3.63, 3.8) is 0 Å². The second-order valence-electron chi connectivity index (χ2n) is 7.07. The molecule has 6 nitrogen and oxygen atoms in total. The van der Waals surface area contributed by atoms with Crippen molar-refractivity contribution >= 4 is 5.91 Å². The molecule has 0 aromatic carbocycles. The lowest BCUT2D eigenvalue weighted by Gasteiger charge is -2.18. The third kappa shape index (κ3) is 3.48. The van der Waals surface area contributed by atoms with Crippen LogP contribution in [0, 0.1) is 11.8 Å². The van der Waals surface area contributed by atoms with Gasteiger partial charge in [0.05, 0.1) is 0 Å². The molecule has 1 aromatic heterocycles. The Balaban J connectivity index is 1.50. The molecule has 122 valence electrons. The van der Waals surface area contributed by atoms with Gasteiger partial charge in [-0.15, -0.1) is 10.2 Å². The van der Waals surface area contributed by atoms with E-state index in [2.05, 4.69) is 34.3 Å². The van der Waals surface area contributed by atoms with Crippen LogP contribution >= 0.6 is 0 Å². The second-order valence-corrected chi connectivity index (χ2v) is 7.07.